The second-order valence-corrected chi connectivity index (χ2v) is 7.58. The molecule has 0 radical (unpaired) electrons. The van der Waals surface area contributed by atoms with Gasteiger partial charge in [-0.05, 0) is 48.0 Å². The molecule has 3 nitrogen and oxygen atoms in total. The number of nitrogens with one attached hydrogen (secondary N) is 1. The number of halogens is 2. The third-order valence-corrected chi connectivity index (χ3v) is 4.97. The van der Waals surface area contributed by atoms with Crippen LogP contribution in [-0.2, 0) is 6.54 Å². The quantitative estimate of drug-likeness (QED) is 0.736. The molecule has 0 aromatic heterocycles. The van der Waals surface area contributed by atoms with Crippen LogP contribution in [0.25, 0.3) is 0 Å². The molecule has 0 aliphatic carbocycles. The van der Waals surface area contributed by atoms with Crippen molar-refractivity contribution in [2.45, 2.75) is 6.54 Å². The van der Waals surface area contributed by atoms with Gasteiger partial charge in [-0.2, -0.15) is 0 Å². The van der Waals surface area contributed by atoms with Crippen LogP contribution >= 0.6 is 31.9 Å². The van der Waals surface area contributed by atoms with Crippen LogP contribution in [0.3, 0.4) is 0 Å². The fourth-order valence-electron chi connectivity index (χ4n) is 2.74. The Morgan fingerprint density at radius 1 is 1.00 bits per heavy atom. The summed E-state index contributed by atoms with van der Waals surface area (Å²) >= 11 is 7.00. The van der Waals surface area contributed by atoms with Crippen LogP contribution in [0.5, 0.6) is 0 Å². The molecule has 5 heteroatoms. The van der Waals surface area contributed by atoms with E-state index in [4.69, 9.17) is 5.73 Å². The maximum Gasteiger partial charge on any atom is 0.0923 e. The number of nitrogens with two attached hydrogens (primary N) is 1. The van der Waals surface area contributed by atoms with E-state index in [9.17, 15) is 0 Å². The van der Waals surface area contributed by atoms with Crippen molar-refractivity contribution in [3.05, 3.63) is 74.9 Å². The molecule has 23 heavy (non-hydrogen) atoms. The average molecular weight is 437 g/mol. The van der Waals surface area contributed by atoms with Gasteiger partial charge in [0.1, 0.15) is 0 Å². The van der Waals surface area contributed by atoms with Crippen molar-refractivity contribution in [3.8, 4) is 0 Å². The zero-order valence-electron chi connectivity index (χ0n) is 12.7. The van der Waals surface area contributed by atoms with Crippen LogP contribution in [0, 0.1) is 5.92 Å². The predicted molar refractivity (Wildman–Crippen MR) is 103 cm³/mol. The van der Waals surface area contributed by atoms with Crippen molar-refractivity contribution < 1.29 is 0 Å². The highest BCUT2D eigenvalue weighted by atomic mass is 79.9. The molecule has 120 valence electrons. The largest absolute Gasteiger partial charge is 0.386 e. The molecule has 0 fully saturated rings. The fourth-order valence-corrected chi connectivity index (χ4v) is 3.27. The first-order valence-electron chi connectivity index (χ1n) is 7.56. The molecule has 1 heterocycles. The first kappa shape index (κ1) is 16.4. The highest BCUT2D eigenvalue weighted by molar-refractivity contribution is 9.10. The van der Waals surface area contributed by atoms with Gasteiger partial charge in [-0.25, -0.2) is 0 Å². The molecular formula is C18H19Br2N3. The predicted octanol–water partition coefficient (Wildman–Crippen LogP) is 4.24. The molecule has 2 aromatic rings. The third-order valence-electron chi connectivity index (χ3n) is 3.92. The number of hydrogen-bond acceptors (Lipinski definition) is 3. The molecule has 0 saturated heterocycles. The van der Waals surface area contributed by atoms with Gasteiger partial charge in [-0.1, -0.05) is 44.0 Å². The van der Waals surface area contributed by atoms with Gasteiger partial charge in [0, 0.05) is 40.2 Å². The lowest BCUT2D eigenvalue weighted by atomic mass is 10.1. The summed E-state index contributed by atoms with van der Waals surface area (Å²) in [6.45, 7) is 2.71. The van der Waals surface area contributed by atoms with E-state index in [0.29, 0.717) is 5.92 Å². The number of anilines is 1. The molecule has 0 unspecified atom stereocenters. The van der Waals surface area contributed by atoms with E-state index in [1.54, 1.807) is 0 Å². The van der Waals surface area contributed by atoms with Crippen LogP contribution in [0.2, 0.25) is 0 Å². The minimum absolute atomic E-state index is 0.425. The zero-order valence-corrected chi connectivity index (χ0v) is 15.8. The fraction of sp³-hybridized carbons (Fsp3) is 0.222. The Labute approximate surface area is 153 Å². The van der Waals surface area contributed by atoms with E-state index in [2.05, 4.69) is 96.7 Å². The number of benzene rings is 2. The highest BCUT2D eigenvalue weighted by Crippen LogP contribution is 2.23. The van der Waals surface area contributed by atoms with E-state index < -0.39 is 0 Å². The van der Waals surface area contributed by atoms with E-state index in [1.807, 2.05) is 0 Å². The molecule has 0 saturated carbocycles. The second kappa shape index (κ2) is 7.41. The average Bonchev–Trinajstić information content (AvgIpc) is 2.95. The Morgan fingerprint density at radius 2 is 1.61 bits per heavy atom. The Kier molecular flexibility index (Phi) is 5.28. The molecular weight excluding hydrogens is 418 g/mol. The molecule has 0 amide bonds. The lowest BCUT2D eigenvalue weighted by Crippen LogP contribution is -2.30. The lowest BCUT2D eigenvalue weighted by Gasteiger charge is -2.27. The van der Waals surface area contributed by atoms with E-state index in [0.717, 1.165) is 34.4 Å². The Balaban J connectivity index is 1.80. The molecule has 3 rings (SSSR count). The van der Waals surface area contributed by atoms with Gasteiger partial charge in [0.2, 0.25) is 0 Å². The lowest BCUT2D eigenvalue weighted by molar-refractivity contribution is 0.615. The summed E-state index contributed by atoms with van der Waals surface area (Å²) < 4.78 is 2.20. The van der Waals surface area contributed by atoms with Crippen molar-refractivity contribution in [1.82, 2.24) is 5.32 Å². The van der Waals surface area contributed by atoms with Gasteiger partial charge < -0.3 is 16.0 Å². The normalized spacial score (nSPS) is 16.8. The molecule has 0 bridgehead atoms. The minimum Gasteiger partial charge on any atom is -0.386 e. The van der Waals surface area contributed by atoms with Crippen molar-refractivity contribution >= 4 is 37.5 Å². The monoisotopic (exact) mass is 435 g/mol. The number of rotatable bonds is 5. The molecule has 1 atom stereocenters. The van der Waals surface area contributed by atoms with Gasteiger partial charge >= 0.3 is 0 Å². The summed E-state index contributed by atoms with van der Waals surface area (Å²) in [6, 6.07) is 17.0. The van der Waals surface area contributed by atoms with Crippen LogP contribution in [0.1, 0.15) is 5.56 Å². The van der Waals surface area contributed by atoms with Gasteiger partial charge in [-0.15, -0.1) is 0 Å². The third kappa shape index (κ3) is 4.52. The minimum atomic E-state index is 0.425. The van der Waals surface area contributed by atoms with E-state index >= 15 is 0 Å². The summed E-state index contributed by atoms with van der Waals surface area (Å²) in [4.78, 5) is 2.40. The summed E-state index contributed by atoms with van der Waals surface area (Å²) in [6.07, 6.45) is 2.12. The van der Waals surface area contributed by atoms with Gasteiger partial charge in [0.05, 0.1) is 5.82 Å². The first-order chi connectivity index (χ1) is 11.1. The summed E-state index contributed by atoms with van der Waals surface area (Å²) in [5.41, 5.74) is 8.36. The molecule has 3 N–H and O–H groups in total. The Morgan fingerprint density at radius 3 is 2.17 bits per heavy atom. The van der Waals surface area contributed by atoms with Crippen LogP contribution in [-0.4, -0.2) is 13.1 Å². The number of hydrogen-bond donors (Lipinski definition) is 2. The van der Waals surface area contributed by atoms with Crippen molar-refractivity contribution in [2.24, 2.45) is 11.7 Å². The standard InChI is InChI=1S/C18H19Br2N3/c19-15-3-1-13(2-4-15)11-23(12-14-9-18(21)22-10-14)17-7-5-16(20)6-8-17/h1-9,14,22H,10-12,21H2/t14-/m0/s1. The summed E-state index contributed by atoms with van der Waals surface area (Å²) in [5, 5.41) is 3.21. The van der Waals surface area contributed by atoms with Crippen LogP contribution < -0.4 is 16.0 Å². The van der Waals surface area contributed by atoms with Crippen LogP contribution in [0.4, 0.5) is 5.69 Å². The van der Waals surface area contributed by atoms with E-state index in [-0.39, 0.29) is 0 Å². The topological polar surface area (TPSA) is 41.3 Å². The smallest absolute Gasteiger partial charge is 0.0923 e. The first-order valence-corrected chi connectivity index (χ1v) is 9.15. The zero-order chi connectivity index (χ0) is 16.2. The molecule has 2 aromatic carbocycles. The van der Waals surface area contributed by atoms with Gasteiger partial charge in [0.25, 0.3) is 0 Å². The summed E-state index contributed by atoms with van der Waals surface area (Å²) in [5.74, 6) is 1.21. The van der Waals surface area contributed by atoms with E-state index in [1.165, 1.54) is 11.3 Å². The maximum atomic E-state index is 5.85. The molecule has 0 spiro atoms. The molecule has 1 aliphatic heterocycles. The maximum absolute atomic E-state index is 5.85. The second-order valence-electron chi connectivity index (χ2n) is 5.75. The van der Waals surface area contributed by atoms with Crippen molar-refractivity contribution in [3.63, 3.8) is 0 Å². The molecule has 1 aliphatic rings. The highest BCUT2D eigenvalue weighted by Gasteiger charge is 2.18. The Bertz CT molecular complexity index is 680. The van der Waals surface area contributed by atoms with Crippen molar-refractivity contribution in [1.29, 1.82) is 0 Å². The summed E-state index contributed by atoms with van der Waals surface area (Å²) in [7, 11) is 0. The number of nitrogens with zero attached hydrogens (tertiary/aromatic N) is 1. The van der Waals surface area contributed by atoms with Crippen molar-refractivity contribution in [2.75, 3.05) is 18.0 Å². The SMILES string of the molecule is NC1=C[C@H](CN(Cc2ccc(Br)cc2)c2ccc(Br)cc2)CN1. The van der Waals surface area contributed by atoms with Gasteiger partial charge in [0.15, 0.2) is 0 Å². The van der Waals surface area contributed by atoms with Crippen LogP contribution in [0.15, 0.2) is 69.4 Å². The van der Waals surface area contributed by atoms with Gasteiger partial charge in [-0.3, -0.25) is 0 Å². The Hall–Kier alpha value is -1.46.